The second-order valence-electron chi connectivity index (χ2n) is 6.46. The number of benzene rings is 3. The molecule has 0 spiro atoms. The van der Waals surface area contributed by atoms with Gasteiger partial charge in [0.1, 0.15) is 5.69 Å². The number of para-hydroxylation sites is 1. The van der Waals surface area contributed by atoms with Crippen molar-refractivity contribution in [1.82, 2.24) is 9.78 Å². The summed E-state index contributed by atoms with van der Waals surface area (Å²) in [6, 6.07) is 26.4. The lowest BCUT2D eigenvalue weighted by atomic mass is 10.1. The normalized spacial score (nSPS) is 12.0. The highest BCUT2D eigenvalue weighted by molar-refractivity contribution is 5.89. The van der Waals surface area contributed by atoms with Gasteiger partial charge in [-0.2, -0.15) is 9.78 Å². The van der Waals surface area contributed by atoms with Gasteiger partial charge >= 0.3 is 0 Å². The van der Waals surface area contributed by atoms with E-state index in [1.807, 2.05) is 72.4 Å². The molecule has 0 radical (unpaired) electrons. The molecule has 5 rings (SSSR count). The van der Waals surface area contributed by atoms with Crippen molar-refractivity contribution in [3.63, 3.8) is 0 Å². The number of hydrogen-bond donors (Lipinski definition) is 0. The highest BCUT2D eigenvalue weighted by Crippen LogP contribution is 2.40. The molecule has 4 nitrogen and oxygen atoms in total. The second kappa shape index (κ2) is 6.25. The minimum Gasteiger partial charge on any atom is -0.436 e. The number of hydrogen-bond acceptors (Lipinski definition) is 3. The minimum absolute atomic E-state index is 0.689. The lowest BCUT2D eigenvalue weighted by Crippen LogP contribution is -1.99. The molecule has 130 valence electrons. The van der Waals surface area contributed by atoms with Crippen LogP contribution in [0.25, 0.3) is 16.8 Å². The van der Waals surface area contributed by atoms with Gasteiger partial charge in [-0.15, -0.1) is 0 Å². The van der Waals surface area contributed by atoms with Gasteiger partial charge in [-0.25, -0.2) is 0 Å². The van der Waals surface area contributed by atoms with Crippen molar-refractivity contribution >= 4 is 11.9 Å². The Bertz CT molecular complexity index is 1150. The van der Waals surface area contributed by atoms with E-state index < -0.39 is 0 Å². The number of rotatable bonds is 2. The molecular formula is C23H17N3O. The van der Waals surface area contributed by atoms with Crippen LogP contribution in [0.1, 0.15) is 11.3 Å². The minimum atomic E-state index is 0.689. The topological polar surface area (TPSA) is 39.4 Å². The van der Waals surface area contributed by atoms with Crippen LogP contribution in [0.3, 0.4) is 0 Å². The van der Waals surface area contributed by atoms with Gasteiger partial charge in [-0.1, -0.05) is 54.6 Å². The SMILES string of the molecule is Cc1nn(-c2ccccc2)c2c1C=Nc1cc(-c3ccccc3)ccc1O2. The van der Waals surface area contributed by atoms with Gasteiger partial charge in [0.2, 0.25) is 5.88 Å². The number of aliphatic imine (C=N–C) groups is 1. The summed E-state index contributed by atoms with van der Waals surface area (Å²) in [5.41, 5.74) is 5.82. The van der Waals surface area contributed by atoms with Crippen LogP contribution in [0, 0.1) is 6.92 Å². The average molecular weight is 351 g/mol. The van der Waals surface area contributed by atoms with Crippen LogP contribution in [0.4, 0.5) is 5.69 Å². The van der Waals surface area contributed by atoms with Crippen LogP contribution >= 0.6 is 0 Å². The van der Waals surface area contributed by atoms with Crippen molar-refractivity contribution < 1.29 is 4.74 Å². The molecule has 0 N–H and O–H groups in total. The molecule has 2 heterocycles. The molecule has 0 atom stereocenters. The zero-order valence-electron chi connectivity index (χ0n) is 14.8. The Balaban J connectivity index is 1.61. The van der Waals surface area contributed by atoms with Crippen LogP contribution in [0.5, 0.6) is 11.6 Å². The largest absolute Gasteiger partial charge is 0.436 e. The molecule has 0 saturated heterocycles. The highest BCUT2D eigenvalue weighted by atomic mass is 16.5. The fourth-order valence-electron chi connectivity index (χ4n) is 3.26. The highest BCUT2D eigenvalue weighted by Gasteiger charge is 2.21. The van der Waals surface area contributed by atoms with E-state index in [9.17, 15) is 0 Å². The third-order valence-electron chi connectivity index (χ3n) is 4.67. The van der Waals surface area contributed by atoms with E-state index in [1.165, 1.54) is 0 Å². The fraction of sp³-hybridized carbons (Fsp3) is 0.0435. The van der Waals surface area contributed by atoms with Gasteiger partial charge in [-0.3, -0.25) is 4.99 Å². The molecule has 0 fully saturated rings. The molecule has 0 unspecified atom stereocenters. The van der Waals surface area contributed by atoms with Crippen LogP contribution in [0.15, 0.2) is 83.9 Å². The number of ether oxygens (including phenoxy) is 1. The molecule has 0 bridgehead atoms. The van der Waals surface area contributed by atoms with Crippen LogP contribution < -0.4 is 4.74 Å². The summed E-state index contributed by atoms with van der Waals surface area (Å²) in [4.78, 5) is 4.68. The smallest absolute Gasteiger partial charge is 0.231 e. The molecule has 0 amide bonds. The third-order valence-corrected chi connectivity index (χ3v) is 4.67. The van der Waals surface area contributed by atoms with E-state index in [1.54, 1.807) is 0 Å². The van der Waals surface area contributed by atoms with E-state index >= 15 is 0 Å². The quantitative estimate of drug-likeness (QED) is 0.409. The lowest BCUT2D eigenvalue weighted by molar-refractivity contribution is 0.446. The van der Waals surface area contributed by atoms with Gasteiger partial charge in [0.25, 0.3) is 0 Å². The first-order valence-electron chi connectivity index (χ1n) is 8.86. The number of aromatic nitrogens is 2. The van der Waals surface area contributed by atoms with Crippen molar-refractivity contribution in [2.75, 3.05) is 0 Å². The van der Waals surface area contributed by atoms with Gasteiger partial charge in [0.05, 0.1) is 16.9 Å². The summed E-state index contributed by atoms with van der Waals surface area (Å²) in [6.45, 7) is 1.97. The molecule has 4 heteroatoms. The van der Waals surface area contributed by atoms with E-state index in [0.29, 0.717) is 5.88 Å². The van der Waals surface area contributed by atoms with Crippen molar-refractivity contribution in [1.29, 1.82) is 0 Å². The Hall–Kier alpha value is -3.66. The standard InChI is InChI=1S/C23H17N3O/c1-16-20-15-24-21-14-18(17-8-4-2-5-9-17)12-13-22(21)27-23(20)26(25-16)19-10-6-3-7-11-19/h2-15H,1H3. The number of nitrogens with zero attached hydrogens (tertiary/aromatic N) is 3. The molecule has 0 saturated carbocycles. The molecule has 3 aromatic carbocycles. The first-order valence-corrected chi connectivity index (χ1v) is 8.86. The molecule has 1 aromatic heterocycles. The third kappa shape index (κ3) is 2.72. The summed E-state index contributed by atoms with van der Waals surface area (Å²) >= 11 is 0. The monoisotopic (exact) mass is 351 g/mol. The lowest BCUT2D eigenvalue weighted by Gasteiger charge is -2.11. The summed E-state index contributed by atoms with van der Waals surface area (Å²) in [5, 5.41) is 4.64. The maximum Gasteiger partial charge on any atom is 0.231 e. The first kappa shape index (κ1) is 15.6. The predicted molar refractivity (Wildman–Crippen MR) is 108 cm³/mol. The number of aryl methyl sites for hydroxylation is 1. The molecule has 1 aliphatic rings. The summed E-state index contributed by atoms with van der Waals surface area (Å²) in [5.74, 6) is 1.41. The predicted octanol–water partition coefficient (Wildman–Crippen LogP) is 5.70. The summed E-state index contributed by atoms with van der Waals surface area (Å²) in [6.07, 6.45) is 1.84. The Kier molecular flexibility index (Phi) is 3.61. The van der Waals surface area contributed by atoms with Crippen molar-refractivity contribution in [2.45, 2.75) is 6.92 Å². The van der Waals surface area contributed by atoms with Gasteiger partial charge < -0.3 is 4.74 Å². The van der Waals surface area contributed by atoms with Gasteiger partial charge in [-0.05, 0) is 42.3 Å². The van der Waals surface area contributed by atoms with E-state index in [0.717, 1.165) is 39.5 Å². The molecule has 27 heavy (non-hydrogen) atoms. The molecule has 1 aliphatic heterocycles. The van der Waals surface area contributed by atoms with Crippen LogP contribution in [-0.2, 0) is 0 Å². The Morgan fingerprint density at radius 3 is 2.33 bits per heavy atom. The van der Waals surface area contributed by atoms with Crippen molar-refractivity contribution in [3.8, 4) is 28.4 Å². The number of fused-ring (bicyclic) bond motifs is 2. The van der Waals surface area contributed by atoms with Crippen LogP contribution in [0.2, 0.25) is 0 Å². The first-order chi connectivity index (χ1) is 13.3. The van der Waals surface area contributed by atoms with Gasteiger partial charge in [0.15, 0.2) is 5.75 Å². The Morgan fingerprint density at radius 2 is 1.56 bits per heavy atom. The summed E-state index contributed by atoms with van der Waals surface area (Å²) < 4.78 is 8.11. The second-order valence-corrected chi connectivity index (χ2v) is 6.46. The van der Waals surface area contributed by atoms with E-state index in [-0.39, 0.29) is 0 Å². The maximum atomic E-state index is 6.28. The van der Waals surface area contributed by atoms with Crippen molar-refractivity contribution in [3.05, 3.63) is 90.1 Å². The van der Waals surface area contributed by atoms with E-state index in [4.69, 9.17) is 4.74 Å². The Morgan fingerprint density at radius 1 is 0.815 bits per heavy atom. The molecule has 0 aliphatic carbocycles. The molecular weight excluding hydrogens is 334 g/mol. The zero-order chi connectivity index (χ0) is 18.2. The van der Waals surface area contributed by atoms with Crippen LogP contribution in [-0.4, -0.2) is 16.0 Å². The Labute approximate surface area is 157 Å². The van der Waals surface area contributed by atoms with Crippen molar-refractivity contribution in [2.24, 2.45) is 4.99 Å². The molecule has 4 aromatic rings. The van der Waals surface area contributed by atoms with E-state index in [2.05, 4.69) is 34.4 Å². The fourth-order valence-corrected chi connectivity index (χ4v) is 3.26. The average Bonchev–Trinajstić information content (AvgIpc) is 2.91. The summed E-state index contributed by atoms with van der Waals surface area (Å²) in [7, 11) is 0. The maximum absolute atomic E-state index is 6.28. The zero-order valence-corrected chi connectivity index (χ0v) is 14.8. The van der Waals surface area contributed by atoms with Gasteiger partial charge in [0, 0.05) is 6.21 Å².